The van der Waals surface area contributed by atoms with Crippen LogP contribution >= 0.6 is 12.2 Å². The summed E-state index contributed by atoms with van der Waals surface area (Å²) in [5.74, 6) is 0.414. The standard InChI is InChI=1S/C4H8N2OS/c1-3(5)6-4(8)7-2/h1-2H3,(H2,5,6,8). The first-order valence-electron chi connectivity index (χ1n) is 2.05. The number of ether oxygens (including phenoxy) is 1. The molecule has 0 bridgehead atoms. The number of methoxy groups -OCH3 is 1. The fourth-order valence-corrected chi connectivity index (χ4v) is 0.334. The molecule has 0 aromatic rings. The summed E-state index contributed by atoms with van der Waals surface area (Å²) in [5, 5.41) is 0.171. The lowest BCUT2D eigenvalue weighted by Gasteiger charge is -1.92. The maximum atomic E-state index is 5.15. The molecule has 46 valence electrons. The second-order valence-electron chi connectivity index (χ2n) is 1.22. The Balaban J connectivity index is 3.70. The van der Waals surface area contributed by atoms with Crippen LogP contribution in [0.1, 0.15) is 6.92 Å². The van der Waals surface area contributed by atoms with Crippen LogP contribution in [0.4, 0.5) is 0 Å². The molecule has 3 nitrogen and oxygen atoms in total. The van der Waals surface area contributed by atoms with E-state index in [9.17, 15) is 0 Å². The number of hydrogen-bond donors (Lipinski definition) is 1. The van der Waals surface area contributed by atoms with Gasteiger partial charge in [-0.15, -0.1) is 0 Å². The molecule has 4 heteroatoms. The predicted octanol–water partition coefficient (Wildman–Crippen LogP) is 0.295. The molecule has 0 saturated heterocycles. The molecule has 0 aliphatic carbocycles. The van der Waals surface area contributed by atoms with Crippen LogP contribution in [0.25, 0.3) is 0 Å². The molecule has 0 aliphatic heterocycles. The number of nitrogens with two attached hydrogens (primary N) is 1. The Bertz CT molecular complexity index is 117. The molecule has 0 aliphatic rings. The molecule has 0 spiro atoms. The topological polar surface area (TPSA) is 47.6 Å². The summed E-state index contributed by atoms with van der Waals surface area (Å²) < 4.78 is 4.52. The van der Waals surface area contributed by atoms with Crippen LogP contribution in [-0.4, -0.2) is 18.1 Å². The SMILES string of the molecule is COC(=S)/N=C(/C)N. The van der Waals surface area contributed by atoms with Crippen molar-refractivity contribution in [1.29, 1.82) is 0 Å². The van der Waals surface area contributed by atoms with E-state index in [4.69, 9.17) is 5.73 Å². The van der Waals surface area contributed by atoms with Gasteiger partial charge in [-0.25, -0.2) is 0 Å². The first-order chi connectivity index (χ1) is 3.66. The van der Waals surface area contributed by atoms with Gasteiger partial charge in [0.05, 0.1) is 7.11 Å². The van der Waals surface area contributed by atoms with Crippen LogP contribution in [-0.2, 0) is 4.74 Å². The van der Waals surface area contributed by atoms with E-state index in [1.54, 1.807) is 6.92 Å². The highest BCUT2D eigenvalue weighted by Gasteiger charge is 1.85. The molecule has 0 rings (SSSR count). The van der Waals surface area contributed by atoms with E-state index in [-0.39, 0.29) is 5.17 Å². The summed E-state index contributed by atoms with van der Waals surface area (Å²) in [6.07, 6.45) is 0. The Morgan fingerprint density at radius 3 is 2.38 bits per heavy atom. The largest absolute Gasteiger partial charge is 0.473 e. The van der Waals surface area contributed by atoms with Crippen LogP contribution in [0.5, 0.6) is 0 Å². The molecule has 0 aromatic heterocycles. The highest BCUT2D eigenvalue weighted by molar-refractivity contribution is 7.80. The molecule has 0 saturated carbocycles. The third-order valence-electron chi connectivity index (χ3n) is 0.442. The van der Waals surface area contributed by atoms with Crippen LogP contribution in [0.2, 0.25) is 0 Å². The zero-order valence-corrected chi connectivity index (χ0v) is 5.66. The van der Waals surface area contributed by atoms with E-state index in [1.807, 2.05) is 0 Å². The second kappa shape index (κ2) is 3.37. The number of thiocarbonyl (C=S) groups is 1. The molecular formula is C4H8N2OS. The van der Waals surface area contributed by atoms with Crippen molar-refractivity contribution in [2.45, 2.75) is 6.92 Å². The zero-order chi connectivity index (χ0) is 6.57. The Kier molecular flexibility index (Phi) is 3.10. The molecule has 0 heterocycles. The van der Waals surface area contributed by atoms with Crippen molar-refractivity contribution in [2.75, 3.05) is 7.11 Å². The zero-order valence-electron chi connectivity index (χ0n) is 4.84. The predicted molar refractivity (Wildman–Crippen MR) is 36.9 cm³/mol. The maximum Gasteiger partial charge on any atom is 0.284 e. The lowest BCUT2D eigenvalue weighted by molar-refractivity contribution is 0.409. The van der Waals surface area contributed by atoms with Gasteiger partial charge in [0.25, 0.3) is 5.17 Å². The minimum atomic E-state index is 0.171. The smallest absolute Gasteiger partial charge is 0.284 e. The first kappa shape index (κ1) is 7.36. The van der Waals surface area contributed by atoms with Crippen molar-refractivity contribution < 1.29 is 4.74 Å². The van der Waals surface area contributed by atoms with Gasteiger partial charge >= 0.3 is 0 Å². The third-order valence-corrected chi connectivity index (χ3v) is 0.700. The van der Waals surface area contributed by atoms with Crippen LogP contribution in [0.3, 0.4) is 0 Å². The normalized spacial score (nSPS) is 11.0. The Hall–Kier alpha value is -0.640. The summed E-state index contributed by atoms with van der Waals surface area (Å²) >= 11 is 4.54. The molecule has 0 aromatic carbocycles. The van der Waals surface area contributed by atoms with Gasteiger partial charge in [0.15, 0.2) is 0 Å². The number of amidine groups is 1. The Labute approximate surface area is 53.5 Å². The lowest BCUT2D eigenvalue weighted by atomic mass is 10.7. The van der Waals surface area contributed by atoms with Gasteiger partial charge in [0.1, 0.15) is 5.84 Å². The summed E-state index contributed by atoms with van der Waals surface area (Å²) in [7, 11) is 1.45. The van der Waals surface area contributed by atoms with Crippen LogP contribution in [0, 0.1) is 0 Å². The lowest BCUT2D eigenvalue weighted by Crippen LogP contribution is -2.08. The maximum absolute atomic E-state index is 5.15. The number of rotatable bonds is 0. The van der Waals surface area contributed by atoms with E-state index in [1.165, 1.54) is 7.11 Å². The van der Waals surface area contributed by atoms with Crippen molar-refractivity contribution in [1.82, 2.24) is 0 Å². The molecule has 2 N–H and O–H groups in total. The van der Waals surface area contributed by atoms with Crippen molar-refractivity contribution in [2.24, 2.45) is 10.7 Å². The summed E-state index contributed by atoms with van der Waals surface area (Å²) in [6.45, 7) is 1.64. The Morgan fingerprint density at radius 2 is 2.25 bits per heavy atom. The van der Waals surface area contributed by atoms with Crippen molar-refractivity contribution in [3.63, 3.8) is 0 Å². The molecule has 0 amide bonds. The average Bonchev–Trinajstić information content (AvgIpc) is 1.65. The van der Waals surface area contributed by atoms with Gasteiger partial charge in [0.2, 0.25) is 0 Å². The third kappa shape index (κ3) is 3.55. The van der Waals surface area contributed by atoms with Crippen molar-refractivity contribution >= 4 is 23.2 Å². The number of hydrogen-bond acceptors (Lipinski definition) is 2. The Morgan fingerprint density at radius 1 is 1.75 bits per heavy atom. The van der Waals surface area contributed by atoms with Gasteiger partial charge in [-0.2, -0.15) is 4.99 Å². The number of nitrogens with zero attached hydrogens (tertiary/aromatic N) is 1. The number of aliphatic imine (C=N–C) groups is 1. The molecule has 8 heavy (non-hydrogen) atoms. The first-order valence-corrected chi connectivity index (χ1v) is 2.46. The van der Waals surface area contributed by atoms with Gasteiger partial charge in [-0.3, -0.25) is 0 Å². The quantitative estimate of drug-likeness (QED) is 0.293. The molecule has 0 fully saturated rings. The highest BCUT2D eigenvalue weighted by atomic mass is 32.1. The average molecular weight is 132 g/mol. The molecular weight excluding hydrogens is 124 g/mol. The summed E-state index contributed by atoms with van der Waals surface area (Å²) in [6, 6.07) is 0. The van der Waals surface area contributed by atoms with E-state index in [0.29, 0.717) is 5.84 Å². The van der Waals surface area contributed by atoms with Crippen molar-refractivity contribution in [3.05, 3.63) is 0 Å². The van der Waals surface area contributed by atoms with Crippen LogP contribution < -0.4 is 5.73 Å². The highest BCUT2D eigenvalue weighted by Crippen LogP contribution is 1.79. The molecule has 0 radical (unpaired) electrons. The summed E-state index contributed by atoms with van der Waals surface area (Å²) in [5.41, 5.74) is 5.15. The van der Waals surface area contributed by atoms with E-state index < -0.39 is 0 Å². The molecule has 0 atom stereocenters. The fraction of sp³-hybridized carbons (Fsp3) is 0.500. The fourth-order valence-electron chi connectivity index (χ4n) is 0.190. The van der Waals surface area contributed by atoms with Gasteiger partial charge < -0.3 is 10.5 Å². The van der Waals surface area contributed by atoms with Gasteiger partial charge in [0, 0.05) is 0 Å². The van der Waals surface area contributed by atoms with E-state index >= 15 is 0 Å². The van der Waals surface area contributed by atoms with Crippen LogP contribution in [0.15, 0.2) is 4.99 Å². The van der Waals surface area contributed by atoms with Gasteiger partial charge in [-0.05, 0) is 19.1 Å². The minimum absolute atomic E-state index is 0.171. The monoisotopic (exact) mass is 132 g/mol. The van der Waals surface area contributed by atoms with E-state index in [2.05, 4.69) is 21.9 Å². The van der Waals surface area contributed by atoms with E-state index in [0.717, 1.165) is 0 Å². The molecule has 0 unspecified atom stereocenters. The second-order valence-corrected chi connectivity index (χ2v) is 1.57. The minimum Gasteiger partial charge on any atom is -0.473 e. The van der Waals surface area contributed by atoms with Gasteiger partial charge in [-0.1, -0.05) is 0 Å². The van der Waals surface area contributed by atoms with Crippen molar-refractivity contribution in [3.8, 4) is 0 Å². The summed E-state index contributed by atoms with van der Waals surface area (Å²) in [4.78, 5) is 3.60.